The summed E-state index contributed by atoms with van der Waals surface area (Å²) in [6, 6.07) is 0.184. The molecule has 15 heavy (non-hydrogen) atoms. The molecular formula is C13H22FN. The van der Waals surface area contributed by atoms with Crippen LogP contribution in [0.1, 0.15) is 44.9 Å². The molecule has 3 aliphatic rings. The summed E-state index contributed by atoms with van der Waals surface area (Å²) in [6.07, 6.45) is 8.06. The minimum absolute atomic E-state index is 0.184. The number of hydrogen-bond donors (Lipinski definition) is 1. The number of halogens is 1. The van der Waals surface area contributed by atoms with E-state index in [2.05, 4.69) is 5.32 Å². The van der Waals surface area contributed by atoms with E-state index in [0.29, 0.717) is 0 Å². The maximum atomic E-state index is 14.0. The summed E-state index contributed by atoms with van der Waals surface area (Å²) in [7, 11) is 0. The van der Waals surface area contributed by atoms with Crippen molar-refractivity contribution >= 4 is 0 Å². The van der Waals surface area contributed by atoms with Crippen molar-refractivity contribution < 1.29 is 4.39 Å². The molecule has 1 saturated heterocycles. The Morgan fingerprint density at radius 2 is 2.13 bits per heavy atom. The average Bonchev–Trinajstić information content (AvgIpc) is 2.95. The minimum Gasteiger partial charge on any atom is -0.311 e. The molecule has 2 bridgehead atoms. The third-order valence-electron chi connectivity index (χ3n) is 4.95. The van der Waals surface area contributed by atoms with Gasteiger partial charge in [0.25, 0.3) is 0 Å². The molecule has 3 rings (SSSR count). The molecule has 1 heterocycles. The summed E-state index contributed by atoms with van der Waals surface area (Å²) in [5.74, 6) is 2.57. The summed E-state index contributed by atoms with van der Waals surface area (Å²) in [5.41, 5.74) is 0. The first kappa shape index (κ1) is 10.1. The van der Waals surface area contributed by atoms with Crippen molar-refractivity contribution in [3.63, 3.8) is 0 Å². The molecule has 0 aromatic heterocycles. The molecule has 86 valence electrons. The molecule has 1 aliphatic heterocycles. The number of hydrogen-bond acceptors (Lipinski definition) is 1. The topological polar surface area (TPSA) is 12.0 Å². The van der Waals surface area contributed by atoms with E-state index in [4.69, 9.17) is 0 Å². The van der Waals surface area contributed by atoms with Gasteiger partial charge in [-0.05, 0) is 62.8 Å². The Balaban J connectivity index is 1.52. The van der Waals surface area contributed by atoms with Crippen LogP contribution in [0.2, 0.25) is 0 Å². The predicted octanol–water partition coefficient (Wildman–Crippen LogP) is 2.90. The van der Waals surface area contributed by atoms with Crippen LogP contribution < -0.4 is 5.32 Å². The van der Waals surface area contributed by atoms with Gasteiger partial charge in [-0.1, -0.05) is 6.42 Å². The van der Waals surface area contributed by atoms with Gasteiger partial charge in [0.15, 0.2) is 0 Å². The second-order valence-corrected chi connectivity index (χ2v) is 5.89. The first-order valence-corrected chi connectivity index (χ1v) is 6.70. The molecule has 3 fully saturated rings. The van der Waals surface area contributed by atoms with Gasteiger partial charge in [-0.3, -0.25) is 0 Å². The highest BCUT2D eigenvalue weighted by Crippen LogP contribution is 2.50. The maximum absolute atomic E-state index is 14.0. The van der Waals surface area contributed by atoms with Crippen LogP contribution in [0.3, 0.4) is 0 Å². The fourth-order valence-electron chi connectivity index (χ4n) is 4.14. The number of nitrogens with one attached hydrogen (secondary N) is 1. The molecule has 0 radical (unpaired) electrons. The fraction of sp³-hybridized carbons (Fsp3) is 1.00. The zero-order valence-electron chi connectivity index (χ0n) is 9.42. The van der Waals surface area contributed by atoms with Crippen molar-refractivity contribution in [3.05, 3.63) is 0 Å². The fourth-order valence-corrected chi connectivity index (χ4v) is 4.14. The second-order valence-electron chi connectivity index (χ2n) is 5.89. The molecule has 2 saturated carbocycles. The molecule has 1 N–H and O–H groups in total. The SMILES string of the molecule is FC(CC1CC2CCC1C2)C1CCCN1. The van der Waals surface area contributed by atoms with Crippen LogP contribution in [0.15, 0.2) is 0 Å². The quantitative estimate of drug-likeness (QED) is 0.757. The van der Waals surface area contributed by atoms with E-state index in [1.54, 1.807) is 0 Å². The average molecular weight is 211 g/mol. The molecule has 2 heteroatoms. The second kappa shape index (κ2) is 4.04. The van der Waals surface area contributed by atoms with Gasteiger partial charge < -0.3 is 5.32 Å². The Bertz CT molecular complexity index is 225. The van der Waals surface area contributed by atoms with Crippen LogP contribution in [0.5, 0.6) is 0 Å². The van der Waals surface area contributed by atoms with E-state index in [9.17, 15) is 4.39 Å². The van der Waals surface area contributed by atoms with Gasteiger partial charge in [-0.2, -0.15) is 0 Å². The lowest BCUT2D eigenvalue weighted by Crippen LogP contribution is -2.34. The number of rotatable bonds is 3. The van der Waals surface area contributed by atoms with Crippen LogP contribution in [0, 0.1) is 17.8 Å². The number of fused-ring (bicyclic) bond motifs is 2. The van der Waals surface area contributed by atoms with Crippen LogP contribution in [0.4, 0.5) is 4.39 Å². The molecule has 0 aromatic rings. The van der Waals surface area contributed by atoms with Crippen molar-refractivity contribution in [1.82, 2.24) is 5.32 Å². The zero-order valence-corrected chi connectivity index (χ0v) is 9.42. The van der Waals surface area contributed by atoms with Gasteiger partial charge in [0, 0.05) is 6.04 Å². The van der Waals surface area contributed by atoms with Crippen LogP contribution in [-0.4, -0.2) is 18.8 Å². The first-order valence-electron chi connectivity index (χ1n) is 6.70. The van der Waals surface area contributed by atoms with Gasteiger partial charge in [0.2, 0.25) is 0 Å². The Labute approximate surface area is 91.8 Å². The van der Waals surface area contributed by atoms with Gasteiger partial charge in [-0.25, -0.2) is 4.39 Å². The lowest BCUT2D eigenvalue weighted by atomic mass is 9.84. The molecule has 0 amide bonds. The predicted molar refractivity (Wildman–Crippen MR) is 59.5 cm³/mol. The highest BCUT2D eigenvalue weighted by Gasteiger charge is 2.41. The summed E-state index contributed by atoms with van der Waals surface area (Å²) < 4.78 is 14.0. The summed E-state index contributed by atoms with van der Waals surface area (Å²) in [4.78, 5) is 0. The summed E-state index contributed by atoms with van der Waals surface area (Å²) >= 11 is 0. The molecule has 0 spiro atoms. The lowest BCUT2D eigenvalue weighted by molar-refractivity contribution is 0.184. The maximum Gasteiger partial charge on any atom is 0.116 e. The van der Waals surface area contributed by atoms with Crippen LogP contribution in [0.25, 0.3) is 0 Å². The molecular weight excluding hydrogens is 189 g/mol. The third-order valence-corrected chi connectivity index (χ3v) is 4.95. The monoisotopic (exact) mass is 211 g/mol. The third kappa shape index (κ3) is 1.93. The first-order chi connectivity index (χ1) is 7.33. The van der Waals surface area contributed by atoms with E-state index in [-0.39, 0.29) is 6.04 Å². The number of alkyl halides is 1. The van der Waals surface area contributed by atoms with Crippen molar-refractivity contribution in [2.75, 3.05) is 6.54 Å². The molecule has 1 nitrogen and oxygen atoms in total. The van der Waals surface area contributed by atoms with Crippen LogP contribution in [-0.2, 0) is 0 Å². The van der Waals surface area contributed by atoms with E-state index < -0.39 is 6.17 Å². The van der Waals surface area contributed by atoms with Crippen molar-refractivity contribution in [2.24, 2.45) is 17.8 Å². The van der Waals surface area contributed by atoms with Crippen LogP contribution >= 0.6 is 0 Å². The van der Waals surface area contributed by atoms with E-state index >= 15 is 0 Å². The van der Waals surface area contributed by atoms with Gasteiger partial charge in [0.05, 0.1) is 0 Å². The standard InChI is InChI=1S/C13H22FN/c14-12(13-2-1-5-15-13)8-11-7-9-3-4-10(11)6-9/h9-13,15H,1-8H2. The van der Waals surface area contributed by atoms with Gasteiger partial charge >= 0.3 is 0 Å². The highest BCUT2D eigenvalue weighted by atomic mass is 19.1. The smallest absolute Gasteiger partial charge is 0.116 e. The van der Waals surface area contributed by atoms with Crippen molar-refractivity contribution in [2.45, 2.75) is 57.2 Å². The highest BCUT2D eigenvalue weighted by molar-refractivity contribution is 4.93. The Morgan fingerprint density at radius 3 is 2.73 bits per heavy atom. The molecule has 2 aliphatic carbocycles. The van der Waals surface area contributed by atoms with E-state index in [0.717, 1.165) is 37.1 Å². The van der Waals surface area contributed by atoms with Gasteiger partial charge in [-0.15, -0.1) is 0 Å². The zero-order chi connectivity index (χ0) is 10.3. The Morgan fingerprint density at radius 1 is 1.20 bits per heavy atom. The Kier molecular flexibility index (Phi) is 2.71. The minimum atomic E-state index is -0.572. The summed E-state index contributed by atoms with van der Waals surface area (Å²) in [6.45, 7) is 1.03. The summed E-state index contributed by atoms with van der Waals surface area (Å²) in [5, 5.41) is 3.30. The molecule has 5 atom stereocenters. The largest absolute Gasteiger partial charge is 0.311 e. The Hall–Kier alpha value is -0.110. The lowest BCUT2D eigenvalue weighted by Gasteiger charge is -2.25. The van der Waals surface area contributed by atoms with Crippen molar-refractivity contribution in [1.29, 1.82) is 0 Å². The van der Waals surface area contributed by atoms with E-state index in [1.807, 2.05) is 0 Å². The van der Waals surface area contributed by atoms with Crippen molar-refractivity contribution in [3.8, 4) is 0 Å². The molecule has 0 aromatic carbocycles. The normalized spacial score (nSPS) is 46.2. The van der Waals surface area contributed by atoms with E-state index in [1.165, 1.54) is 32.1 Å². The molecule has 5 unspecified atom stereocenters. The van der Waals surface area contributed by atoms with Gasteiger partial charge in [0.1, 0.15) is 6.17 Å².